The van der Waals surface area contributed by atoms with Crippen molar-refractivity contribution >= 4 is 25.7 Å². The summed E-state index contributed by atoms with van der Waals surface area (Å²) in [5.41, 5.74) is 8.94. The average Bonchev–Trinajstić information content (AvgIpc) is 0.811. The Kier molecular flexibility index (Phi) is 6.92. The third kappa shape index (κ3) is 1620. The van der Waals surface area contributed by atoms with Gasteiger partial charge >= 0.3 is 19.8 Å². The molecule has 0 rings (SSSR count). The van der Waals surface area contributed by atoms with E-state index in [1.54, 1.807) is 0 Å². The first-order valence-electron chi connectivity index (χ1n) is 0.827. The number of hydrogen-bond acceptors (Lipinski definition) is 1. The van der Waals surface area contributed by atoms with Crippen molar-refractivity contribution < 1.29 is 0 Å². The molecule has 0 spiro atoms. The topological polar surface area (TPSA) is 75.9 Å². The summed E-state index contributed by atoms with van der Waals surface area (Å²) in [7, 11) is 0. The second-order valence-electron chi connectivity index (χ2n) is 0.455. The maximum absolute atomic E-state index is 6.06. The molecule has 4 heteroatoms. The molecule has 5 heavy (non-hydrogen) atoms. The maximum atomic E-state index is 6.06. The van der Waals surface area contributed by atoms with E-state index in [4.69, 9.17) is 5.41 Å². The van der Waals surface area contributed by atoms with Crippen molar-refractivity contribution in [1.29, 1.82) is 5.41 Å². The van der Waals surface area contributed by atoms with Crippen LogP contribution in [0.4, 0.5) is 0 Å². The Labute approximate surface area is 43.3 Å². The summed E-state index contributed by atoms with van der Waals surface area (Å²) in [5.74, 6) is -0.333. The quantitative estimate of drug-likeness (QED) is 0.196. The van der Waals surface area contributed by atoms with Crippen molar-refractivity contribution in [2.75, 3.05) is 0 Å². The van der Waals surface area contributed by atoms with Crippen molar-refractivity contribution in [3.63, 3.8) is 0 Å². The van der Waals surface area contributed by atoms with Crippen LogP contribution >= 0.6 is 0 Å². The van der Waals surface area contributed by atoms with Crippen LogP contribution in [0.25, 0.3) is 0 Å². The Hall–Kier alpha value is -0.0936. The van der Waals surface area contributed by atoms with Gasteiger partial charge in [-0.05, 0) is 0 Å². The standard InChI is InChI=1S/CH5N3.Ga.3H/c2-1(3)4;;;;/h(H5,2,3,4);;;;. The minimum absolute atomic E-state index is 0. The third-order valence-electron chi connectivity index (χ3n) is 0. The Bertz CT molecular complexity index is 29.9. The number of rotatable bonds is 0. The molecule has 0 atom stereocenters. The molecule has 0 unspecified atom stereocenters. The molecule has 0 aliphatic heterocycles. The number of nitrogens with one attached hydrogen (secondary N) is 1. The van der Waals surface area contributed by atoms with Gasteiger partial charge in [-0.25, -0.2) is 0 Å². The number of guanidine groups is 1. The molecule has 0 heterocycles. The van der Waals surface area contributed by atoms with E-state index in [-0.39, 0.29) is 25.7 Å². The molecule has 0 aliphatic carbocycles. The van der Waals surface area contributed by atoms with Gasteiger partial charge in [-0.15, -0.1) is 0 Å². The van der Waals surface area contributed by atoms with Crippen molar-refractivity contribution in [2.45, 2.75) is 0 Å². The van der Waals surface area contributed by atoms with E-state index in [9.17, 15) is 0 Å². The molecule has 5 N–H and O–H groups in total. The Morgan fingerprint density at radius 2 is 1.40 bits per heavy atom. The van der Waals surface area contributed by atoms with Crippen LogP contribution in [0, 0.1) is 5.41 Å². The first kappa shape index (κ1) is 8.86. The fraction of sp³-hybridized carbons (Fsp3) is 0. The van der Waals surface area contributed by atoms with Gasteiger partial charge in [0.1, 0.15) is 0 Å². The summed E-state index contributed by atoms with van der Waals surface area (Å²) in [4.78, 5) is 0. The average molecular weight is 132 g/mol. The number of nitrogens with two attached hydrogens (primary N) is 2. The summed E-state index contributed by atoms with van der Waals surface area (Å²) in [5, 5.41) is 6.06. The van der Waals surface area contributed by atoms with E-state index in [0.29, 0.717) is 0 Å². The SMILES string of the molecule is N=C(N)N.[GaH3]. The summed E-state index contributed by atoms with van der Waals surface area (Å²) in [6.45, 7) is 0. The zero-order chi connectivity index (χ0) is 3.58. The monoisotopic (exact) mass is 131 g/mol. The van der Waals surface area contributed by atoms with Crippen molar-refractivity contribution in [3.05, 3.63) is 0 Å². The molecule has 0 aromatic rings. The van der Waals surface area contributed by atoms with Gasteiger partial charge in [-0.3, -0.25) is 5.41 Å². The van der Waals surface area contributed by atoms with Crippen LogP contribution in [0.2, 0.25) is 0 Å². The Morgan fingerprint density at radius 3 is 1.40 bits per heavy atom. The zero-order valence-electron chi connectivity index (χ0n) is 2.15. The fourth-order valence-electron chi connectivity index (χ4n) is 0. The first-order valence-corrected chi connectivity index (χ1v) is 0.827. The fourth-order valence-corrected chi connectivity index (χ4v) is 0. The van der Waals surface area contributed by atoms with Crippen LogP contribution in [0.5, 0.6) is 0 Å². The second kappa shape index (κ2) is 3.91. The van der Waals surface area contributed by atoms with Crippen LogP contribution in [-0.2, 0) is 0 Å². The van der Waals surface area contributed by atoms with E-state index >= 15 is 0 Å². The van der Waals surface area contributed by atoms with Crippen molar-refractivity contribution in [3.8, 4) is 0 Å². The van der Waals surface area contributed by atoms with E-state index in [2.05, 4.69) is 11.5 Å². The molecule has 0 radical (unpaired) electrons. The molecule has 0 amide bonds. The van der Waals surface area contributed by atoms with Gasteiger partial charge in [0.2, 0.25) is 0 Å². The summed E-state index contributed by atoms with van der Waals surface area (Å²) in [6, 6.07) is 0. The molecule has 30 valence electrons. The van der Waals surface area contributed by atoms with Crippen molar-refractivity contribution in [2.24, 2.45) is 11.5 Å². The van der Waals surface area contributed by atoms with Crippen LogP contribution in [0.1, 0.15) is 0 Å². The molecule has 0 bridgehead atoms. The van der Waals surface area contributed by atoms with Gasteiger partial charge in [0.25, 0.3) is 0 Å². The first-order chi connectivity index (χ1) is 1.73. The molecule has 0 aliphatic rings. The van der Waals surface area contributed by atoms with Crippen LogP contribution in [-0.4, -0.2) is 25.7 Å². The number of hydrogen-bond donors (Lipinski definition) is 3. The van der Waals surface area contributed by atoms with Gasteiger partial charge in [0, 0.05) is 0 Å². The van der Waals surface area contributed by atoms with Crippen molar-refractivity contribution in [1.82, 2.24) is 0 Å². The summed E-state index contributed by atoms with van der Waals surface area (Å²) >= 11 is 0. The molecule has 0 fully saturated rings. The Balaban J connectivity index is 0. The zero-order valence-corrected chi connectivity index (χ0v) is 2.15. The third-order valence-corrected chi connectivity index (χ3v) is 0. The van der Waals surface area contributed by atoms with Gasteiger partial charge in [0.05, 0.1) is 0 Å². The second-order valence-corrected chi connectivity index (χ2v) is 0.455. The summed E-state index contributed by atoms with van der Waals surface area (Å²) < 4.78 is 0. The van der Waals surface area contributed by atoms with E-state index < -0.39 is 0 Å². The normalized spacial score (nSPS) is 4.80. The molecule has 0 aromatic heterocycles. The van der Waals surface area contributed by atoms with Gasteiger partial charge < -0.3 is 11.5 Å². The molecule has 0 saturated heterocycles. The van der Waals surface area contributed by atoms with Gasteiger partial charge in [-0.1, -0.05) is 0 Å². The van der Waals surface area contributed by atoms with Crippen LogP contribution in [0.15, 0.2) is 0 Å². The minimum atomic E-state index is -0.333. The molecule has 0 saturated carbocycles. The predicted molar refractivity (Wildman–Crippen MR) is 26.0 cm³/mol. The Morgan fingerprint density at radius 1 is 1.40 bits per heavy atom. The van der Waals surface area contributed by atoms with E-state index in [0.717, 1.165) is 0 Å². The van der Waals surface area contributed by atoms with Crippen LogP contribution in [0.3, 0.4) is 0 Å². The van der Waals surface area contributed by atoms with E-state index in [1.807, 2.05) is 0 Å². The van der Waals surface area contributed by atoms with Gasteiger partial charge in [0.15, 0.2) is 5.96 Å². The van der Waals surface area contributed by atoms with E-state index in [1.165, 1.54) is 0 Å². The summed E-state index contributed by atoms with van der Waals surface area (Å²) in [6.07, 6.45) is 0. The van der Waals surface area contributed by atoms with Gasteiger partial charge in [-0.2, -0.15) is 0 Å². The van der Waals surface area contributed by atoms with Crippen LogP contribution < -0.4 is 11.5 Å². The molecule has 3 nitrogen and oxygen atoms in total. The molecular formula is CH8GaN3. The molecule has 0 aromatic carbocycles. The predicted octanol–water partition coefficient (Wildman–Crippen LogP) is -2.35. The molecular weight excluding hydrogens is 124 g/mol.